The van der Waals surface area contributed by atoms with E-state index in [1.165, 1.54) is 0 Å². The molecular weight excluding hydrogens is 202 g/mol. The minimum absolute atomic E-state index is 0.0137. The molecule has 0 bridgehead atoms. The quantitative estimate of drug-likeness (QED) is 0.687. The highest BCUT2D eigenvalue weighted by Gasteiger charge is 2.27. The fraction of sp³-hybridized carbons (Fsp3) is 0.333. The van der Waals surface area contributed by atoms with E-state index in [1.54, 1.807) is 0 Å². The monoisotopic (exact) mass is 215 g/mol. The van der Waals surface area contributed by atoms with Crippen LogP contribution in [0.15, 0.2) is 29.3 Å². The molecule has 2 N–H and O–H groups in total. The molecule has 1 aromatic rings. The van der Waals surface area contributed by atoms with Crippen molar-refractivity contribution < 1.29 is 4.79 Å². The van der Waals surface area contributed by atoms with Crippen molar-refractivity contribution >= 4 is 17.4 Å². The summed E-state index contributed by atoms with van der Waals surface area (Å²) in [6.07, 6.45) is 2.00. The Hall–Kier alpha value is -1.84. The number of carbonyl (C=O) groups is 1. The molecule has 3 rings (SSSR count). The first-order valence-corrected chi connectivity index (χ1v) is 5.56. The van der Waals surface area contributed by atoms with Crippen LogP contribution in [0.25, 0.3) is 0 Å². The van der Waals surface area contributed by atoms with Crippen molar-refractivity contribution in [1.29, 1.82) is 0 Å². The zero-order valence-electron chi connectivity index (χ0n) is 8.86. The summed E-state index contributed by atoms with van der Waals surface area (Å²) in [6, 6.07) is 7.58. The SMILES string of the molecule is O=C1NC2CCCN=C2Nc2ccccc21. The van der Waals surface area contributed by atoms with Crippen molar-refractivity contribution in [2.24, 2.45) is 4.99 Å². The lowest BCUT2D eigenvalue weighted by molar-refractivity contribution is 0.0947. The number of para-hydroxylation sites is 1. The highest BCUT2D eigenvalue weighted by Crippen LogP contribution is 2.21. The van der Waals surface area contributed by atoms with Crippen LogP contribution in [0.2, 0.25) is 0 Å². The molecule has 0 radical (unpaired) electrons. The number of hydrogen-bond acceptors (Lipinski definition) is 3. The van der Waals surface area contributed by atoms with Gasteiger partial charge in [-0.05, 0) is 25.0 Å². The van der Waals surface area contributed by atoms with Gasteiger partial charge in [-0.1, -0.05) is 12.1 Å². The Morgan fingerprint density at radius 2 is 2.19 bits per heavy atom. The maximum Gasteiger partial charge on any atom is 0.253 e. The summed E-state index contributed by atoms with van der Waals surface area (Å²) in [5, 5.41) is 6.26. The van der Waals surface area contributed by atoms with Crippen LogP contribution >= 0.6 is 0 Å². The van der Waals surface area contributed by atoms with Gasteiger partial charge in [0.05, 0.1) is 17.3 Å². The molecule has 1 unspecified atom stereocenters. The topological polar surface area (TPSA) is 53.5 Å². The molecule has 2 aliphatic rings. The van der Waals surface area contributed by atoms with E-state index >= 15 is 0 Å². The number of fused-ring (bicyclic) bond motifs is 2. The minimum Gasteiger partial charge on any atom is -0.342 e. The standard InChI is InChI=1S/C12H13N3O/c16-12-8-4-1-2-5-9(8)14-11-10(15-12)6-3-7-13-11/h1-2,4-5,10H,3,6-7H2,(H,13,14)(H,15,16). The number of amidine groups is 1. The molecule has 1 amide bonds. The Bertz CT molecular complexity index is 467. The van der Waals surface area contributed by atoms with Crippen LogP contribution in [0.3, 0.4) is 0 Å². The Morgan fingerprint density at radius 3 is 3.12 bits per heavy atom. The molecule has 1 atom stereocenters. The molecular formula is C12H13N3O. The van der Waals surface area contributed by atoms with Crippen LogP contribution in [0.5, 0.6) is 0 Å². The molecule has 0 spiro atoms. The van der Waals surface area contributed by atoms with Gasteiger partial charge in [0, 0.05) is 6.54 Å². The maximum atomic E-state index is 12.0. The van der Waals surface area contributed by atoms with E-state index in [1.807, 2.05) is 24.3 Å². The summed E-state index contributed by atoms with van der Waals surface area (Å²) in [7, 11) is 0. The molecule has 0 saturated carbocycles. The predicted molar refractivity (Wildman–Crippen MR) is 62.9 cm³/mol. The number of hydrogen-bond donors (Lipinski definition) is 2. The molecule has 2 aliphatic heterocycles. The number of rotatable bonds is 0. The van der Waals surface area contributed by atoms with Gasteiger partial charge in [0.2, 0.25) is 0 Å². The van der Waals surface area contributed by atoms with Crippen LogP contribution in [-0.2, 0) is 0 Å². The Labute approximate surface area is 93.8 Å². The van der Waals surface area contributed by atoms with Gasteiger partial charge >= 0.3 is 0 Å². The molecule has 4 nitrogen and oxygen atoms in total. The third kappa shape index (κ3) is 1.46. The van der Waals surface area contributed by atoms with E-state index < -0.39 is 0 Å². The van der Waals surface area contributed by atoms with E-state index in [2.05, 4.69) is 15.6 Å². The summed E-state index contributed by atoms with van der Waals surface area (Å²) in [4.78, 5) is 16.4. The summed E-state index contributed by atoms with van der Waals surface area (Å²) >= 11 is 0. The summed E-state index contributed by atoms with van der Waals surface area (Å²) in [5.41, 5.74) is 1.54. The predicted octanol–water partition coefficient (Wildman–Crippen LogP) is 1.40. The van der Waals surface area contributed by atoms with Crippen molar-refractivity contribution in [2.75, 3.05) is 11.9 Å². The first-order chi connectivity index (χ1) is 7.84. The highest BCUT2D eigenvalue weighted by molar-refractivity contribution is 6.11. The van der Waals surface area contributed by atoms with Crippen molar-refractivity contribution in [3.05, 3.63) is 29.8 Å². The minimum atomic E-state index is -0.0137. The van der Waals surface area contributed by atoms with E-state index in [4.69, 9.17) is 0 Å². The van der Waals surface area contributed by atoms with Gasteiger partial charge in [-0.15, -0.1) is 0 Å². The van der Waals surface area contributed by atoms with E-state index in [-0.39, 0.29) is 11.9 Å². The number of anilines is 1. The molecule has 0 fully saturated rings. The number of nitrogens with one attached hydrogen (secondary N) is 2. The maximum absolute atomic E-state index is 12.0. The normalized spacial score (nSPS) is 23.1. The van der Waals surface area contributed by atoms with Crippen molar-refractivity contribution in [3.63, 3.8) is 0 Å². The largest absolute Gasteiger partial charge is 0.342 e. The lowest BCUT2D eigenvalue weighted by atomic mass is 10.1. The van der Waals surface area contributed by atoms with Gasteiger partial charge in [0.1, 0.15) is 5.84 Å². The van der Waals surface area contributed by atoms with Crippen molar-refractivity contribution in [3.8, 4) is 0 Å². The average Bonchev–Trinajstić information content (AvgIpc) is 2.45. The summed E-state index contributed by atoms with van der Waals surface area (Å²) in [6.45, 7) is 0.844. The average molecular weight is 215 g/mol. The van der Waals surface area contributed by atoms with Gasteiger partial charge in [0.15, 0.2) is 0 Å². The van der Waals surface area contributed by atoms with Crippen LogP contribution in [0, 0.1) is 0 Å². The zero-order valence-corrected chi connectivity index (χ0v) is 8.86. The molecule has 0 aliphatic carbocycles. The Kier molecular flexibility index (Phi) is 2.13. The van der Waals surface area contributed by atoms with Crippen LogP contribution in [-0.4, -0.2) is 24.3 Å². The first-order valence-electron chi connectivity index (χ1n) is 5.56. The highest BCUT2D eigenvalue weighted by atomic mass is 16.1. The smallest absolute Gasteiger partial charge is 0.253 e. The fourth-order valence-corrected chi connectivity index (χ4v) is 2.17. The van der Waals surface area contributed by atoms with Gasteiger partial charge < -0.3 is 10.6 Å². The second-order valence-electron chi connectivity index (χ2n) is 4.11. The Morgan fingerprint density at radius 1 is 1.31 bits per heavy atom. The Balaban J connectivity index is 2.05. The summed E-state index contributed by atoms with van der Waals surface area (Å²) in [5.74, 6) is 0.879. The van der Waals surface area contributed by atoms with Gasteiger partial charge in [0.25, 0.3) is 5.91 Å². The van der Waals surface area contributed by atoms with Crippen LogP contribution < -0.4 is 10.6 Å². The molecule has 0 aromatic heterocycles. The third-order valence-corrected chi connectivity index (χ3v) is 3.00. The van der Waals surface area contributed by atoms with Gasteiger partial charge in [-0.3, -0.25) is 9.79 Å². The molecule has 2 heterocycles. The lowest BCUT2D eigenvalue weighted by Gasteiger charge is -2.21. The number of carbonyl (C=O) groups excluding carboxylic acids is 1. The van der Waals surface area contributed by atoms with Crippen LogP contribution in [0.4, 0.5) is 5.69 Å². The summed E-state index contributed by atoms with van der Waals surface area (Å²) < 4.78 is 0. The van der Waals surface area contributed by atoms with Gasteiger partial charge in [-0.25, -0.2) is 0 Å². The molecule has 0 saturated heterocycles. The number of amides is 1. The van der Waals surface area contributed by atoms with Crippen LogP contribution in [0.1, 0.15) is 23.2 Å². The number of benzene rings is 1. The number of nitrogens with zero attached hydrogens (tertiary/aromatic N) is 1. The van der Waals surface area contributed by atoms with E-state index in [9.17, 15) is 4.79 Å². The molecule has 82 valence electrons. The molecule has 4 heteroatoms. The lowest BCUT2D eigenvalue weighted by Crippen LogP contribution is -2.43. The first kappa shape index (κ1) is 9.39. The van der Waals surface area contributed by atoms with Crippen molar-refractivity contribution in [1.82, 2.24) is 5.32 Å². The second kappa shape index (κ2) is 3.63. The molecule has 1 aromatic carbocycles. The third-order valence-electron chi connectivity index (χ3n) is 3.00. The van der Waals surface area contributed by atoms with E-state index in [0.717, 1.165) is 30.9 Å². The fourth-order valence-electron chi connectivity index (χ4n) is 2.17. The number of aliphatic imine (C=N–C) groups is 1. The van der Waals surface area contributed by atoms with Crippen molar-refractivity contribution in [2.45, 2.75) is 18.9 Å². The van der Waals surface area contributed by atoms with Gasteiger partial charge in [-0.2, -0.15) is 0 Å². The second-order valence-corrected chi connectivity index (χ2v) is 4.11. The van der Waals surface area contributed by atoms with E-state index in [0.29, 0.717) is 5.56 Å². The zero-order chi connectivity index (χ0) is 11.0. The molecule has 16 heavy (non-hydrogen) atoms.